The van der Waals surface area contributed by atoms with Crippen LogP contribution in [0.4, 0.5) is 0 Å². The molecule has 1 aliphatic heterocycles. The molecule has 0 radical (unpaired) electrons. The Kier molecular flexibility index (Phi) is 4.35. The zero-order valence-electron chi connectivity index (χ0n) is 12.2. The van der Waals surface area contributed by atoms with Crippen LogP contribution in [0.2, 0.25) is 0 Å². The van der Waals surface area contributed by atoms with E-state index in [-0.39, 0.29) is 5.60 Å². The van der Waals surface area contributed by atoms with Gasteiger partial charge in [0.1, 0.15) is 0 Å². The Labute approximate surface area is 111 Å². The molecule has 106 valence electrons. The summed E-state index contributed by atoms with van der Waals surface area (Å²) in [4.78, 5) is 0. The van der Waals surface area contributed by atoms with Crippen LogP contribution in [0.15, 0.2) is 0 Å². The van der Waals surface area contributed by atoms with E-state index in [9.17, 15) is 5.11 Å². The summed E-state index contributed by atoms with van der Waals surface area (Å²) in [6, 6.07) is 0.497. The van der Waals surface area contributed by atoms with Gasteiger partial charge in [0.2, 0.25) is 0 Å². The van der Waals surface area contributed by atoms with Crippen molar-refractivity contribution in [3.05, 3.63) is 0 Å². The van der Waals surface area contributed by atoms with Gasteiger partial charge in [-0.1, -0.05) is 6.92 Å². The molecular weight excluding hydrogens is 226 g/mol. The lowest BCUT2D eigenvalue weighted by molar-refractivity contribution is -0.0687. The van der Waals surface area contributed by atoms with Crippen molar-refractivity contribution in [1.29, 1.82) is 0 Å². The maximum Gasteiger partial charge on any atom is 0.0771 e. The summed E-state index contributed by atoms with van der Waals surface area (Å²) in [7, 11) is 0. The highest BCUT2D eigenvalue weighted by molar-refractivity contribution is 4.90. The lowest BCUT2D eigenvalue weighted by atomic mass is 9.79. The van der Waals surface area contributed by atoms with Gasteiger partial charge in [0.25, 0.3) is 0 Å². The molecule has 0 aromatic rings. The van der Waals surface area contributed by atoms with E-state index in [0.717, 1.165) is 57.6 Å². The van der Waals surface area contributed by atoms with Gasteiger partial charge in [-0.2, -0.15) is 0 Å². The van der Waals surface area contributed by atoms with Crippen LogP contribution in [0.1, 0.15) is 59.3 Å². The molecule has 1 heterocycles. The van der Waals surface area contributed by atoms with E-state index in [1.54, 1.807) is 0 Å². The number of rotatable bonds is 3. The second-order valence-corrected chi connectivity index (χ2v) is 7.09. The summed E-state index contributed by atoms with van der Waals surface area (Å²) < 4.78 is 5.72. The topological polar surface area (TPSA) is 41.5 Å². The van der Waals surface area contributed by atoms with E-state index in [1.165, 1.54) is 0 Å². The maximum absolute atomic E-state index is 10.6. The summed E-state index contributed by atoms with van der Waals surface area (Å²) >= 11 is 0. The van der Waals surface area contributed by atoms with Crippen LogP contribution in [-0.4, -0.2) is 35.5 Å². The molecule has 3 heteroatoms. The predicted octanol–water partition coefficient (Wildman–Crippen LogP) is 2.47. The third kappa shape index (κ3) is 3.94. The van der Waals surface area contributed by atoms with Gasteiger partial charge >= 0.3 is 0 Å². The lowest BCUT2D eigenvalue weighted by Gasteiger charge is -2.39. The van der Waals surface area contributed by atoms with Crippen LogP contribution in [0.5, 0.6) is 0 Å². The van der Waals surface area contributed by atoms with Gasteiger partial charge in [-0.25, -0.2) is 0 Å². The van der Waals surface area contributed by atoms with Gasteiger partial charge in [-0.15, -0.1) is 0 Å². The van der Waals surface area contributed by atoms with Crippen LogP contribution in [-0.2, 0) is 4.74 Å². The Morgan fingerprint density at radius 2 is 1.89 bits per heavy atom. The summed E-state index contributed by atoms with van der Waals surface area (Å²) in [6.45, 7) is 8.17. The Morgan fingerprint density at radius 3 is 2.50 bits per heavy atom. The first-order chi connectivity index (χ1) is 8.39. The standard InChI is InChI=1S/C15H29NO2/c1-12-4-7-15(17,8-5-12)11-16-13-6-9-18-14(2,3)10-13/h12-13,16-17H,4-11H2,1-3H3. The largest absolute Gasteiger partial charge is 0.389 e. The average molecular weight is 255 g/mol. The summed E-state index contributed by atoms with van der Waals surface area (Å²) in [5, 5.41) is 14.1. The lowest BCUT2D eigenvalue weighted by Crippen LogP contribution is -2.50. The SMILES string of the molecule is CC1CCC(O)(CNC2CCOC(C)(C)C2)CC1. The second-order valence-electron chi connectivity index (χ2n) is 7.09. The monoisotopic (exact) mass is 255 g/mol. The first-order valence-electron chi connectivity index (χ1n) is 7.48. The minimum Gasteiger partial charge on any atom is -0.389 e. The molecular formula is C15H29NO2. The van der Waals surface area contributed by atoms with E-state index in [0.29, 0.717) is 6.04 Å². The molecule has 2 aliphatic rings. The Balaban J connectivity index is 1.77. The van der Waals surface area contributed by atoms with Crippen molar-refractivity contribution in [2.45, 2.75) is 76.5 Å². The number of hydrogen-bond acceptors (Lipinski definition) is 3. The van der Waals surface area contributed by atoms with Gasteiger partial charge in [0, 0.05) is 19.2 Å². The maximum atomic E-state index is 10.6. The van der Waals surface area contributed by atoms with E-state index >= 15 is 0 Å². The van der Waals surface area contributed by atoms with Crippen LogP contribution in [0.3, 0.4) is 0 Å². The predicted molar refractivity (Wildman–Crippen MR) is 73.6 cm³/mol. The molecule has 1 saturated heterocycles. The number of aliphatic hydroxyl groups is 1. The smallest absolute Gasteiger partial charge is 0.0771 e. The van der Waals surface area contributed by atoms with Crippen molar-refractivity contribution in [1.82, 2.24) is 5.32 Å². The number of nitrogens with one attached hydrogen (secondary N) is 1. The molecule has 1 saturated carbocycles. The first kappa shape index (κ1) is 14.3. The van der Waals surface area contributed by atoms with E-state index < -0.39 is 5.60 Å². The highest BCUT2D eigenvalue weighted by Crippen LogP contribution is 2.32. The molecule has 2 N–H and O–H groups in total. The molecule has 0 spiro atoms. The third-order valence-electron chi connectivity index (χ3n) is 4.62. The summed E-state index contributed by atoms with van der Waals surface area (Å²) in [5.41, 5.74) is -0.478. The molecule has 0 bridgehead atoms. The van der Waals surface area contributed by atoms with Crippen molar-refractivity contribution in [3.8, 4) is 0 Å². The molecule has 2 fully saturated rings. The normalized spacial score (nSPS) is 40.7. The Hall–Kier alpha value is -0.120. The van der Waals surface area contributed by atoms with Gasteiger partial charge in [0.15, 0.2) is 0 Å². The quantitative estimate of drug-likeness (QED) is 0.814. The van der Waals surface area contributed by atoms with Crippen LogP contribution >= 0.6 is 0 Å². The average Bonchev–Trinajstić information content (AvgIpc) is 2.30. The van der Waals surface area contributed by atoms with Crippen molar-refractivity contribution in [2.75, 3.05) is 13.2 Å². The van der Waals surface area contributed by atoms with Gasteiger partial charge in [-0.3, -0.25) is 0 Å². The van der Waals surface area contributed by atoms with Gasteiger partial charge in [0.05, 0.1) is 11.2 Å². The zero-order chi connectivity index (χ0) is 13.2. The molecule has 0 aromatic heterocycles. The van der Waals surface area contributed by atoms with Crippen molar-refractivity contribution in [3.63, 3.8) is 0 Å². The summed E-state index contributed by atoms with van der Waals surface area (Å²) in [6.07, 6.45) is 6.34. The minimum absolute atomic E-state index is 0.0143. The van der Waals surface area contributed by atoms with Gasteiger partial charge < -0.3 is 15.2 Å². The number of hydrogen-bond donors (Lipinski definition) is 2. The van der Waals surface area contributed by atoms with Crippen LogP contribution in [0, 0.1) is 5.92 Å². The minimum atomic E-state index is -0.463. The summed E-state index contributed by atoms with van der Waals surface area (Å²) in [5.74, 6) is 0.785. The molecule has 1 unspecified atom stereocenters. The zero-order valence-corrected chi connectivity index (χ0v) is 12.2. The second kappa shape index (κ2) is 5.48. The van der Waals surface area contributed by atoms with Crippen molar-refractivity contribution >= 4 is 0 Å². The highest BCUT2D eigenvalue weighted by Gasteiger charge is 2.34. The van der Waals surface area contributed by atoms with E-state index in [2.05, 4.69) is 26.1 Å². The van der Waals surface area contributed by atoms with Crippen LogP contribution in [0.25, 0.3) is 0 Å². The molecule has 1 aliphatic carbocycles. The van der Waals surface area contributed by atoms with Crippen molar-refractivity contribution in [2.24, 2.45) is 5.92 Å². The third-order valence-corrected chi connectivity index (χ3v) is 4.62. The van der Waals surface area contributed by atoms with Crippen molar-refractivity contribution < 1.29 is 9.84 Å². The molecule has 18 heavy (non-hydrogen) atoms. The fraction of sp³-hybridized carbons (Fsp3) is 1.00. The van der Waals surface area contributed by atoms with Crippen LogP contribution < -0.4 is 5.32 Å². The van der Waals surface area contributed by atoms with E-state index in [4.69, 9.17) is 4.74 Å². The first-order valence-corrected chi connectivity index (χ1v) is 7.48. The van der Waals surface area contributed by atoms with Gasteiger partial charge in [-0.05, 0) is 58.3 Å². The molecule has 2 rings (SSSR count). The fourth-order valence-corrected chi connectivity index (χ4v) is 3.22. The van der Waals surface area contributed by atoms with E-state index in [1.807, 2.05) is 0 Å². The molecule has 0 aromatic carbocycles. The Morgan fingerprint density at radius 1 is 1.22 bits per heavy atom. The molecule has 3 nitrogen and oxygen atoms in total. The number of ether oxygens (including phenoxy) is 1. The molecule has 0 amide bonds. The molecule has 1 atom stereocenters. The fourth-order valence-electron chi connectivity index (χ4n) is 3.22. The highest BCUT2D eigenvalue weighted by atomic mass is 16.5. The Bertz CT molecular complexity index is 270.